The van der Waals surface area contributed by atoms with Gasteiger partial charge in [-0.3, -0.25) is 19.0 Å². The Bertz CT molecular complexity index is 1050. The Morgan fingerprint density at radius 1 is 1.12 bits per heavy atom. The second kappa shape index (κ2) is 6.56. The number of nitrogens with zero attached hydrogens (tertiary/aromatic N) is 1. The van der Waals surface area contributed by atoms with Crippen molar-refractivity contribution in [2.75, 3.05) is 5.32 Å². The fourth-order valence-electron chi connectivity index (χ4n) is 2.41. The SMILES string of the molecule is Cc1ccn(-c2ccc(F)cc2)c(=O)c1C(=O)Nc1cc(=O)cc[nH]1. The standard InChI is InChI=1S/C18H14FN3O3/c1-11-7-9-22(13-4-2-12(19)3-5-13)18(25)16(11)17(24)21-15-10-14(23)6-8-20-15/h2-10H,1H3,(H2,20,21,23,24). The number of halogens is 1. The summed E-state index contributed by atoms with van der Waals surface area (Å²) in [5, 5.41) is 2.50. The van der Waals surface area contributed by atoms with Crippen LogP contribution < -0.4 is 16.3 Å². The van der Waals surface area contributed by atoms with Crippen molar-refractivity contribution < 1.29 is 9.18 Å². The largest absolute Gasteiger partial charge is 0.348 e. The molecule has 0 fully saturated rings. The van der Waals surface area contributed by atoms with Crippen LogP contribution >= 0.6 is 0 Å². The summed E-state index contributed by atoms with van der Waals surface area (Å²) in [6.07, 6.45) is 2.92. The Morgan fingerprint density at radius 2 is 1.84 bits per heavy atom. The monoisotopic (exact) mass is 339 g/mol. The van der Waals surface area contributed by atoms with Crippen LogP contribution in [-0.2, 0) is 0 Å². The number of aryl methyl sites for hydroxylation is 1. The summed E-state index contributed by atoms with van der Waals surface area (Å²) in [7, 11) is 0. The first-order valence-electron chi connectivity index (χ1n) is 7.44. The van der Waals surface area contributed by atoms with Gasteiger partial charge in [-0.25, -0.2) is 4.39 Å². The Morgan fingerprint density at radius 3 is 2.52 bits per heavy atom. The van der Waals surface area contributed by atoms with E-state index < -0.39 is 17.3 Å². The molecule has 0 atom stereocenters. The molecular formula is C18H14FN3O3. The highest BCUT2D eigenvalue weighted by atomic mass is 19.1. The fraction of sp³-hybridized carbons (Fsp3) is 0.0556. The van der Waals surface area contributed by atoms with Crippen LogP contribution in [0.25, 0.3) is 5.69 Å². The second-order valence-electron chi connectivity index (χ2n) is 5.42. The highest BCUT2D eigenvalue weighted by Crippen LogP contribution is 2.11. The number of carbonyl (C=O) groups excluding carboxylic acids is 1. The van der Waals surface area contributed by atoms with Gasteiger partial charge in [0.15, 0.2) is 5.43 Å². The first-order chi connectivity index (χ1) is 12.0. The molecule has 25 heavy (non-hydrogen) atoms. The minimum atomic E-state index is -0.638. The maximum Gasteiger partial charge on any atom is 0.268 e. The van der Waals surface area contributed by atoms with Crippen LogP contribution in [0.4, 0.5) is 10.2 Å². The molecule has 0 saturated heterocycles. The van der Waals surface area contributed by atoms with Crippen LogP contribution in [0.2, 0.25) is 0 Å². The van der Waals surface area contributed by atoms with Crippen LogP contribution in [0.15, 0.2) is 64.4 Å². The minimum absolute atomic E-state index is 0.0588. The summed E-state index contributed by atoms with van der Waals surface area (Å²) in [6, 6.07) is 9.50. The minimum Gasteiger partial charge on any atom is -0.348 e. The summed E-state index contributed by atoms with van der Waals surface area (Å²) < 4.78 is 14.3. The number of aromatic amines is 1. The van der Waals surface area contributed by atoms with E-state index in [-0.39, 0.29) is 16.8 Å². The Balaban J connectivity index is 2.02. The third-order valence-corrected chi connectivity index (χ3v) is 3.65. The molecule has 6 nitrogen and oxygen atoms in total. The van der Waals surface area contributed by atoms with Crippen molar-refractivity contribution >= 4 is 11.7 Å². The Hall–Kier alpha value is -3.48. The van der Waals surface area contributed by atoms with E-state index in [9.17, 15) is 18.8 Å². The molecule has 0 spiro atoms. The van der Waals surface area contributed by atoms with Gasteiger partial charge in [0.05, 0.1) is 0 Å². The molecule has 0 unspecified atom stereocenters. The third kappa shape index (κ3) is 3.40. The van der Waals surface area contributed by atoms with Gasteiger partial charge in [0.2, 0.25) is 0 Å². The van der Waals surface area contributed by atoms with Crippen LogP contribution in [0, 0.1) is 12.7 Å². The third-order valence-electron chi connectivity index (χ3n) is 3.65. The number of amides is 1. The number of carbonyl (C=O) groups is 1. The number of pyridine rings is 2. The smallest absolute Gasteiger partial charge is 0.268 e. The maximum atomic E-state index is 13.1. The van der Waals surface area contributed by atoms with E-state index in [1.165, 1.54) is 53.4 Å². The molecule has 3 rings (SSSR count). The van der Waals surface area contributed by atoms with Crippen molar-refractivity contribution in [1.29, 1.82) is 0 Å². The molecule has 126 valence electrons. The first-order valence-corrected chi connectivity index (χ1v) is 7.44. The molecule has 7 heteroatoms. The number of hydrogen-bond donors (Lipinski definition) is 2. The highest BCUT2D eigenvalue weighted by molar-refractivity contribution is 6.04. The maximum absolute atomic E-state index is 13.1. The Labute approximate surface area is 141 Å². The van der Waals surface area contributed by atoms with E-state index in [2.05, 4.69) is 10.3 Å². The average Bonchev–Trinajstić information content (AvgIpc) is 2.56. The van der Waals surface area contributed by atoms with E-state index >= 15 is 0 Å². The predicted molar refractivity (Wildman–Crippen MR) is 91.7 cm³/mol. The zero-order chi connectivity index (χ0) is 18.0. The number of H-pyrrole nitrogens is 1. The van der Waals surface area contributed by atoms with Gasteiger partial charge in [-0.2, -0.15) is 0 Å². The van der Waals surface area contributed by atoms with Gasteiger partial charge >= 0.3 is 0 Å². The van der Waals surface area contributed by atoms with Crippen molar-refractivity contribution in [3.8, 4) is 5.69 Å². The van der Waals surface area contributed by atoms with Crippen molar-refractivity contribution in [3.63, 3.8) is 0 Å². The van der Waals surface area contributed by atoms with Crippen molar-refractivity contribution in [2.45, 2.75) is 6.92 Å². The molecule has 0 aliphatic carbocycles. The summed E-state index contributed by atoms with van der Waals surface area (Å²) >= 11 is 0. The summed E-state index contributed by atoms with van der Waals surface area (Å²) in [5.41, 5.74) is 0.0502. The molecule has 0 aliphatic heterocycles. The number of nitrogens with one attached hydrogen (secondary N) is 2. The van der Waals surface area contributed by atoms with Crippen molar-refractivity contribution in [1.82, 2.24) is 9.55 Å². The number of rotatable bonds is 3. The lowest BCUT2D eigenvalue weighted by Gasteiger charge is -2.11. The van der Waals surface area contributed by atoms with E-state index in [1.54, 1.807) is 13.0 Å². The average molecular weight is 339 g/mol. The van der Waals surface area contributed by atoms with Crippen molar-refractivity contribution in [3.05, 3.63) is 92.4 Å². The van der Waals surface area contributed by atoms with Gasteiger partial charge in [0.1, 0.15) is 17.2 Å². The predicted octanol–water partition coefficient (Wildman–Crippen LogP) is 2.23. The molecule has 1 aromatic carbocycles. The zero-order valence-corrected chi connectivity index (χ0v) is 13.2. The van der Waals surface area contributed by atoms with Gasteiger partial charge in [0.25, 0.3) is 11.5 Å². The molecule has 2 aromatic heterocycles. The quantitative estimate of drug-likeness (QED) is 0.767. The van der Waals surface area contributed by atoms with E-state index in [4.69, 9.17) is 0 Å². The molecule has 0 saturated carbocycles. The molecule has 2 N–H and O–H groups in total. The van der Waals surface area contributed by atoms with E-state index in [0.29, 0.717) is 11.3 Å². The van der Waals surface area contributed by atoms with Gasteiger partial charge < -0.3 is 10.3 Å². The van der Waals surface area contributed by atoms with Gasteiger partial charge in [0, 0.05) is 30.2 Å². The van der Waals surface area contributed by atoms with Crippen LogP contribution in [0.5, 0.6) is 0 Å². The molecule has 2 heterocycles. The molecule has 0 radical (unpaired) electrons. The van der Waals surface area contributed by atoms with Crippen LogP contribution in [0.3, 0.4) is 0 Å². The molecule has 0 bridgehead atoms. The molecule has 0 aliphatic rings. The normalized spacial score (nSPS) is 10.5. The number of benzene rings is 1. The summed E-state index contributed by atoms with van der Waals surface area (Å²) in [4.78, 5) is 39.3. The lowest BCUT2D eigenvalue weighted by Crippen LogP contribution is -2.29. The highest BCUT2D eigenvalue weighted by Gasteiger charge is 2.17. The lowest BCUT2D eigenvalue weighted by molar-refractivity contribution is 0.102. The van der Waals surface area contributed by atoms with Crippen LogP contribution in [0.1, 0.15) is 15.9 Å². The fourth-order valence-corrected chi connectivity index (χ4v) is 2.41. The molecule has 1 amide bonds. The zero-order valence-electron chi connectivity index (χ0n) is 13.2. The van der Waals surface area contributed by atoms with Gasteiger partial charge in [-0.15, -0.1) is 0 Å². The summed E-state index contributed by atoms with van der Waals surface area (Å²) in [6.45, 7) is 1.64. The number of hydrogen-bond acceptors (Lipinski definition) is 3. The number of anilines is 1. The molecular weight excluding hydrogens is 325 g/mol. The molecule has 3 aromatic rings. The lowest BCUT2D eigenvalue weighted by atomic mass is 10.1. The summed E-state index contributed by atoms with van der Waals surface area (Å²) in [5.74, 6) is -0.871. The number of aromatic nitrogens is 2. The topological polar surface area (TPSA) is 84.0 Å². The second-order valence-corrected chi connectivity index (χ2v) is 5.42. The van der Waals surface area contributed by atoms with Gasteiger partial charge in [-0.1, -0.05) is 0 Å². The van der Waals surface area contributed by atoms with E-state index in [1.807, 2.05) is 0 Å². The van der Waals surface area contributed by atoms with E-state index in [0.717, 1.165) is 0 Å². The first kappa shape index (κ1) is 16.4. The van der Waals surface area contributed by atoms with Gasteiger partial charge in [-0.05, 0) is 42.8 Å². The Kier molecular flexibility index (Phi) is 4.30. The van der Waals surface area contributed by atoms with Crippen LogP contribution in [-0.4, -0.2) is 15.5 Å². The van der Waals surface area contributed by atoms with Crippen molar-refractivity contribution in [2.24, 2.45) is 0 Å².